The highest BCUT2D eigenvalue weighted by molar-refractivity contribution is 7.15. The zero-order chi connectivity index (χ0) is 19.7. The molecular weight excluding hydrogens is 374 g/mol. The van der Waals surface area contributed by atoms with Gasteiger partial charge in [0.05, 0.1) is 19.8 Å². The smallest absolute Gasteiger partial charge is 0.240 e. The molecule has 0 radical (unpaired) electrons. The van der Waals surface area contributed by atoms with Gasteiger partial charge < -0.3 is 4.74 Å². The summed E-state index contributed by atoms with van der Waals surface area (Å²) in [6.07, 6.45) is 3.89. The van der Waals surface area contributed by atoms with Crippen LogP contribution in [0.3, 0.4) is 0 Å². The Labute approximate surface area is 171 Å². The summed E-state index contributed by atoms with van der Waals surface area (Å²) in [5, 5.41) is 12.9. The first kappa shape index (κ1) is 20.2. The molecule has 3 atom stereocenters. The molecule has 1 aromatic rings. The van der Waals surface area contributed by atoms with Gasteiger partial charge in [0.2, 0.25) is 11.0 Å². The van der Waals surface area contributed by atoms with Gasteiger partial charge in [-0.15, -0.1) is 10.2 Å². The molecule has 1 aliphatic carbocycles. The normalized spacial score (nSPS) is 29.6. The fraction of sp³-hybridized carbons (Fsp3) is 0.850. The topological polar surface area (TPSA) is 70.6 Å². The second-order valence-corrected chi connectivity index (χ2v) is 10.5. The van der Waals surface area contributed by atoms with E-state index in [9.17, 15) is 4.79 Å². The van der Waals surface area contributed by atoms with Crippen molar-refractivity contribution in [2.24, 2.45) is 11.8 Å². The summed E-state index contributed by atoms with van der Waals surface area (Å²) in [6, 6.07) is 0.675. The SMILES string of the molecule is CC(C)(C)c1nnc(NC(=O)CN2C[C@H]3CCC[C@@H](C2)C3N2CCOCC2)s1. The van der Waals surface area contributed by atoms with E-state index in [1.807, 2.05) is 0 Å². The molecule has 0 aromatic carbocycles. The van der Waals surface area contributed by atoms with E-state index >= 15 is 0 Å². The molecule has 1 amide bonds. The van der Waals surface area contributed by atoms with Gasteiger partial charge in [-0.05, 0) is 24.7 Å². The number of nitrogens with zero attached hydrogens (tertiary/aromatic N) is 4. The van der Waals surface area contributed by atoms with Crippen LogP contribution in [-0.4, -0.2) is 77.9 Å². The van der Waals surface area contributed by atoms with Crippen molar-refractivity contribution in [2.45, 2.75) is 51.5 Å². The van der Waals surface area contributed by atoms with Crippen LogP contribution in [0.1, 0.15) is 45.0 Å². The van der Waals surface area contributed by atoms with Crippen molar-refractivity contribution in [2.75, 3.05) is 51.3 Å². The Morgan fingerprint density at radius 3 is 2.46 bits per heavy atom. The average Bonchev–Trinajstić information content (AvgIpc) is 3.10. The van der Waals surface area contributed by atoms with E-state index in [1.165, 1.54) is 30.6 Å². The maximum Gasteiger partial charge on any atom is 0.240 e. The summed E-state index contributed by atoms with van der Waals surface area (Å²) in [4.78, 5) is 17.6. The number of likely N-dealkylation sites (tertiary alicyclic amines) is 1. The first-order chi connectivity index (χ1) is 13.4. The van der Waals surface area contributed by atoms with Crippen LogP contribution >= 0.6 is 11.3 Å². The van der Waals surface area contributed by atoms with Crippen LogP contribution in [0.2, 0.25) is 0 Å². The Hall–Kier alpha value is -1.09. The minimum absolute atomic E-state index is 0.0273. The molecule has 3 aliphatic rings. The first-order valence-electron chi connectivity index (χ1n) is 10.6. The van der Waals surface area contributed by atoms with Crippen molar-refractivity contribution in [1.82, 2.24) is 20.0 Å². The summed E-state index contributed by atoms with van der Waals surface area (Å²) in [7, 11) is 0. The predicted molar refractivity (Wildman–Crippen MR) is 111 cm³/mol. The number of aromatic nitrogens is 2. The predicted octanol–water partition coefficient (Wildman–Crippen LogP) is 2.21. The van der Waals surface area contributed by atoms with Crippen molar-refractivity contribution in [3.63, 3.8) is 0 Å². The van der Waals surface area contributed by atoms with Gasteiger partial charge in [-0.3, -0.25) is 19.9 Å². The number of piperidine rings is 1. The Balaban J connectivity index is 1.33. The maximum absolute atomic E-state index is 12.6. The number of amides is 1. The van der Waals surface area contributed by atoms with Crippen LogP contribution in [0.25, 0.3) is 0 Å². The number of morpholine rings is 1. The summed E-state index contributed by atoms with van der Waals surface area (Å²) < 4.78 is 5.55. The molecule has 1 aromatic heterocycles. The maximum atomic E-state index is 12.6. The lowest BCUT2D eigenvalue weighted by Gasteiger charge is -2.52. The minimum Gasteiger partial charge on any atom is -0.379 e. The van der Waals surface area contributed by atoms with E-state index in [1.54, 1.807) is 0 Å². The van der Waals surface area contributed by atoms with Crippen molar-refractivity contribution < 1.29 is 9.53 Å². The van der Waals surface area contributed by atoms with E-state index in [0.29, 0.717) is 29.6 Å². The number of anilines is 1. The molecule has 2 aliphatic heterocycles. The van der Waals surface area contributed by atoms with Gasteiger partial charge in [0, 0.05) is 37.6 Å². The van der Waals surface area contributed by atoms with Gasteiger partial charge in [0.15, 0.2) is 0 Å². The molecule has 2 saturated heterocycles. The first-order valence-corrected chi connectivity index (χ1v) is 11.4. The number of hydrogen-bond acceptors (Lipinski definition) is 7. The molecule has 28 heavy (non-hydrogen) atoms. The highest BCUT2D eigenvalue weighted by Crippen LogP contribution is 2.38. The molecule has 1 N–H and O–H groups in total. The number of nitrogens with one attached hydrogen (secondary N) is 1. The lowest BCUT2D eigenvalue weighted by molar-refractivity contribution is -0.119. The lowest BCUT2D eigenvalue weighted by Crippen LogP contribution is -2.60. The Kier molecular flexibility index (Phi) is 6.01. The quantitative estimate of drug-likeness (QED) is 0.825. The van der Waals surface area contributed by atoms with E-state index in [0.717, 1.165) is 44.4 Å². The second-order valence-electron chi connectivity index (χ2n) is 9.49. The highest BCUT2D eigenvalue weighted by Gasteiger charge is 2.42. The fourth-order valence-corrected chi connectivity index (χ4v) is 5.86. The second kappa shape index (κ2) is 8.34. The third-order valence-electron chi connectivity index (χ3n) is 6.25. The molecule has 1 saturated carbocycles. The average molecular weight is 408 g/mol. The van der Waals surface area contributed by atoms with Crippen molar-refractivity contribution in [1.29, 1.82) is 0 Å². The molecule has 3 heterocycles. The molecule has 0 spiro atoms. The number of carbonyl (C=O) groups is 1. The van der Waals surface area contributed by atoms with Crippen LogP contribution in [0.4, 0.5) is 5.13 Å². The van der Waals surface area contributed by atoms with Crippen LogP contribution < -0.4 is 5.32 Å². The van der Waals surface area contributed by atoms with E-state index in [-0.39, 0.29) is 11.3 Å². The summed E-state index contributed by atoms with van der Waals surface area (Å²) in [5.41, 5.74) is -0.0422. The van der Waals surface area contributed by atoms with E-state index < -0.39 is 0 Å². The number of ether oxygens (including phenoxy) is 1. The fourth-order valence-electron chi connectivity index (χ4n) is 5.04. The van der Waals surface area contributed by atoms with Crippen LogP contribution in [0, 0.1) is 11.8 Å². The molecule has 2 bridgehead atoms. The zero-order valence-corrected chi connectivity index (χ0v) is 18.1. The van der Waals surface area contributed by atoms with Crippen LogP contribution in [0.15, 0.2) is 0 Å². The number of fused-ring (bicyclic) bond motifs is 2. The molecule has 1 unspecified atom stereocenters. The molecule has 156 valence electrons. The van der Waals surface area contributed by atoms with Crippen molar-refractivity contribution in [3.8, 4) is 0 Å². The summed E-state index contributed by atoms with van der Waals surface area (Å²) >= 11 is 1.47. The van der Waals surface area contributed by atoms with Gasteiger partial charge in [-0.2, -0.15) is 0 Å². The standard InChI is InChI=1S/C20H33N5O2S/c1-20(2,3)18-22-23-19(28-18)21-16(26)13-24-11-14-5-4-6-15(12-24)17(14)25-7-9-27-10-8-25/h14-15,17H,4-13H2,1-3H3,(H,21,23,26)/t14-,15+,17?. The molecule has 7 nitrogen and oxygen atoms in total. The zero-order valence-electron chi connectivity index (χ0n) is 17.3. The third kappa shape index (κ3) is 4.56. The van der Waals surface area contributed by atoms with Crippen LogP contribution in [0.5, 0.6) is 0 Å². The number of hydrogen-bond donors (Lipinski definition) is 1. The van der Waals surface area contributed by atoms with Gasteiger partial charge in [0.1, 0.15) is 5.01 Å². The van der Waals surface area contributed by atoms with Crippen molar-refractivity contribution in [3.05, 3.63) is 5.01 Å². The molecule has 8 heteroatoms. The van der Waals surface area contributed by atoms with Crippen molar-refractivity contribution >= 4 is 22.4 Å². The lowest BCUT2D eigenvalue weighted by atomic mass is 9.72. The van der Waals surface area contributed by atoms with Gasteiger partial charge in [-0.1, -0.05) is 38.5 Å². The third-order valence-corrected chi connectivity index (χ3v) is 7.51. The number of rotatable bonds is 4. The summed E-state index contributed by atoms with van der Waals surface area (Å²) in [6.45, 7) is 12.7. The Morgan fingerprint density at radius 2 is 1.86 bits per heavy atom. The largest absolute Gasteiger partial charge is 0.379 e. The summed E-state index contributed by atoms with van der Waals surface area (Å²) in [5.74, 6) is 1.37. The van der Waals surface area contributed by atoms with E-state index in [2.05, 4.69) is 46.1 Å². The highest BCUT2D eigenvalue weighted by atomic mass is 32.1. The molecule has 3 fully saturated rings. The van der Waals surface area contributed by atoms with Gasteiger partial charge in [-0.25, -0.2) is 0 Å². The van der Waals surface area contributed by atoms with Gasteiger partial charge in [0.25, 0.3) is 0 Å². The monoisotopic (exact) mass is 407 g/mol. The Morgan fingerprint density at radius 1 is 1.18 bits per heavy atom. The minimum atomic E-state index is -0.0422. The molecular formula is C20H33N5O2S. The van der Waals surface area contributed by atoms with Crippen LogP contribution in [-0.2, 0) is 14.9 Å². The number of carbonyl (C=O) groups excluding carboxylic acids is 1. The molecule has 4 rings (SSSR count). The van der Waals surface area contributed by atoms with Gasteiger partial charge >= 0.3 is 0 Å². The van der Waals surface area contributed by atoms with E-state index in [4.69, 9.17) is 4.74 Å². The Bertz CT molecular complexity index is 668.